The number of carbonyl (C=O) groups is 2. The summed E-state index contributed by atoms with van der Waals surface area (Å²) in [5.41, 5.74) is 2.74. The molecule has 1 aliphatic rings. The van der Waals surface area contributed by atoms with Gasteiger partial charge in [-0.05, 0) is 62.9 Å². The molecule has 0 radical (unpaired) electrons. The molecule has 0 aliphatic carbocycles. The van der Waals surface area contributed by atoms with Crippen molar-refractivity contribution in [3.05, 3.63) is 52.3 Å². The molecule has 7 heteroatoms. The summed E-state index contributed by atoms with van der Waals surface area (Å²) in [5, 5.41) is 8.16. The topological polar surface area (TPSA) is 67.2 Å². The lowest BCUT2D eigenvalue weighted by atomic mass is 9.96. The third kappa shape index (κ3) is 5.60. The van der Waals surface area contributed by atoms with E-state index < -0.39 is 0 Å². The molecule has 0 saturated carbocycles. The van der Waals surface area contributed by atoms with Gasteiger partial charge in [0.2, 0.25) is 5.91 Å². The number of hydrogen-bond donors (Lipinski definition) is 1. The van der Waals surface area contributed by atoms with Crippen molar-refractivity contribution >= 4 is 23.4 Å². The van der Waals surface area contributed by atoms with Crippen molar-refractivity contribution < 1.29 is 9.59 Å². The van der Waals surface area contributed by atoms with E-state index in [1.165, 1.54) is 0 Å². The average molecular weight is 417 g/mol. The van der Waals surface area contributed by atoms with Crippen LogP contribution < -0.4 is 5.32 Å². The first-order chi connectivity index (χ1) is 13.8. The Hall–Kier alpha value is -2.34. The normalized spacial score (nSPS) is 17.8. The van der Waals surface area contributed by atoms with Crippen LogP contribution in [0.2, 0.25) is 5.02 Å². The molecular weight excluding hydrogens is 388 g/mol. The molecular formula is C22H29ClN4O2. The summed E-state index contributed by atoms with van der Waals surface area (Å²) in [6.07, 6.45) is 1.64. The fourth-order valence-corrected chi connectivity index (χ4v) is 3.92. The average Bonchev–Trinajstić information content (AvgIpc) is 3.03. The monoisotopic (exact) mass is 416 g/mol. The zero-order chi connectivity index (χ0) is 21.0. The summed E-state index contributed by atoms with van der Waals surface area (Å²) >= 11 is 5.90. The molecule has 1 aliphatic heterocycles. The number of aryl methyl sites for hydroxylation is 2. The number of nitrogens with one attached hydrogen (secondary N) is 1. The SMILES string of the molecule is Cc1cc(C)n(C[C@@H](C)CNC(=O)[C@H]2CCCN(C(=O)c3ccc(Cl)cc3)C2)n1. The number of nitrogens with zero attached hydrogens (tertiary/aromatic N) is 3. The minimum Gasteiger partial charge on any atom is -0.355 e. The van der Waals surface area contributed by atoms with Crippen LogP contribution >= 0.6 is 11.6 Å². The third-order valence-corrected chi connectivity index (χ3v) is 5.64. The predicted octanol–water partition coefficient (Wildman–Crippen LogP) is 3.46. The smallest absolute Gasteiger partial charge is 0.253 e. The molecule has 0 unspecified atom stereocenters. The van der Waals surface area contributed by atoms with Gasteiger partial charge in [-0.15, -0.1) is 0 Å². The van der Waals surface area contributed by atoms with Gasteiger partial charge in [0.1, 0.15) is 0 Å². The van der Waals surface area contributed by atoms with Crippen molar-refractivity contribution in [2.45, 2.75) is 40.2 Å². The minimum absolute atomic E-state index is 0.0267. The number of piperidine rings is 1. The van der Waals surface area contributed by atoms with E-state index in [1.807, 2.05) is 18.5 Å². The van der Waals surface area contributed by atoms with E-state index >= 15 is 0 Å². The van der Waals surface area contributed by atoms with Crippen LogP contribution in [0, 0.1) is 25.7 Å². The molecule has 1 N–H and O–H groups in total. The summed E-state index contributed by atoms with van der Waals surface area (Å²) in [6, 6.07) is 8.95. The van der Waals surface area contributed by atoms with Crippen LogP contribution in [0.5, 0.6) is 0 Å². The van der Waals surface area contributed by atoms with Crippen molar-refractivity contribution in [1.29, 1.82) is 0 Å². The van der Waals surface area contributed by atoms with Gasteiger partial charge in [0.05, 0.1) is 11.6 Å². The van der Waals surface area contributed by atoms with E-state index in [-0.39, 0.29) is 23.7 Å². The fourth-order valence-electron chi connectivity index (χ4n) is 3.79. The first kappa shape index (κ1) is 21.4. The zero-order valence-corrected chi connectivity index (χ0v) is 18.1. The second-order valence-electron chi connectivity index (χ2n) is 8.06. The van der Waals surface area contributed by atoms with Gasteiger partial charge in [-0.3, -0.25) is 14.3 Å². The molecule has 2 heterocycles. The number of benzene rings is 1. The van der Waals surface area contributed by atoms with Gasteiger partial charge in [-0.2, -0.15) is 5.10 Å². The van der Waals surface area contributed by atoms with Gasteiger partial charge in [-0.25, -0.2) is 0 Å². The molecule has 2 atom stereocenters. The molecule has 6 nitrogen and oxygen atoms in total. The molecule has 0 spiro atoms. The van der Waals surface area contributed by atoms with E-state index in [2.05, 4.69) is 23.4 Å². The predicted molar refractivity (Wildman–Crippen MR) is 114 cm³/mol. The molecule has 2 aromatic rings. The lowest BCUT2D eigenvalue weighted by molar-refractivity contribution is -0.126. The van der Waals surface area contributed by atoms with Crippen molar-refractivity contribution in [1.82, 2.24) is 20.0 Å². The van der Waals surface area contributed by atoms with Gasteiger partial charge in [0.15, 0.2) is 0 Å². The highest BCUT2D eigenvalue weighted by molar-refractivity contribution is 6.30. The number of rotatable bonds is 6. The molecule has 3 rings (SSSR count). The van der Waals surface area contributed by atoms with E-state index in [1.54, 1.807) is 29.2 Å². The number of likely N-dealkylation sites (tertiary alicyclic amines) is 1. The zero-order valence-electron chi connectivity index (χ0n) is 17.3. The number of carbonyl (C=O) groups excluding carboxylic acids is 2. The van der Waals surface area contributed by atoms with Crippen LogP contribution in [-0.4, -0.2) is 46.1 Å². The van der Waals surface area contributed by atoms with Crippen molar-refractivity contribution in [3.63, 3.8) is 0 Å². The quantitative estimate of drug-likeness (QED) is 0.784. The van der Waals surface area contributed by atoms with Gasteiger partial charge in [0.25, 0.3) is 5.91 Å². The molecule has 2 amide bonds. The molecule has 1 fully saturated rings. The van der Waals surface area contributed by atoms with Gasteiger partial charge < -0.3 is 10.2 Å². The molecule has 1 aromatic heterocycles. The Morgan fingerprint density at radius 1 is 1.28 bits per heavy atom. The summed E-state index contributed by atoms with van der Waals surface area (Å²) in [7, 11) is 0. The van der Waals surface area contributed by atoms with Crippen LogP contribution in [0.25, 0.3) is 0 Å². The van der Waals surface area contributed by atoms with Crippen molar-refractivity contribution in [3.8, 4) is 0 Å². The summed E-state index contributed by atoms with van der Waals surface area (Å²) in [5.74, 6) is 0.0871. The highest BCUT2D eigenvalue weighted by Gasteiger charge is 2.29. The Labute approximate surface area is 177 Å². The molecule has 0 bridgehead atoms. The van der Waals surface area contributed by atoms with Gasteiger partial charge in [-0.1, -0.05) is 18.5 Å². The van der Waals surface area contributed by atoms with E-state index in [9.17, 15) is 9.59 Å². The summed E-state index contributed by atoms with van der Waals surface area (Å²) < 4.78 is 1.99. The Morgan fingerprint density at radius 2 is 2.00 bits per heavy atom. The molecule has 1 saturated heterocycles. The summed E-state index contributed by atoms with van der Waals surface area (Å²) in [4.78, 5) is 27.2. The first-order valence-electron chi connectivity index (χ1n) is 10.2. The molecule has 29 heavy (non-hydrogen) atoms. The maximum atomic E-state index is 12.7. The van der Waals surface area contributed by atoms with Crippen LogP contribution in [0.3, 0.4) is 0 Å². The van der Waals surface area contributed by atoms with Crippen LogP contribution in [0.4, 0.5) is 0 Å². The Kier molecular flexibility index (Phi) is 6.96. The van der Waals surface area contributed by atoms with Crippen molar-refractivity contribution in [2.24, 2.45) is 11.8 Å². The van der Waals surface area contributed by atoms with Gasteiger partial charge >= 0.3 is 0 Å². The lowest BCUT2D eigenvalue weighted by Gasteiger charge is -2.32. The van der Waals surface area contributed by atoms with E-state index in [4.69, 9.17) is 11.6 Å². The minimum atomic E-state index is -0.166. The lowest BCUT2D eigenvalue weighted by Crippen LogP contribution is -2.46. The Bertz CT molecular complexity index is 862. The largest absolute Gasteiger partial charge is 0.355 e. The highest BCUT2D eigenvalue weighted by Crippen LogP contribution is 2.20. The van der Waals surface area contributed by atoms with E-state index in [0.717, 1.165) is 30.8 Å². The van der Waals surface area contributed by atoms with Crippen molar-refractivity contribution in [2.75, 3.05) is 19.6 Å². The second kappa shape index (κ2) is 9.44. The second-order valence-corrected chi connectivity index (χ2v) is 8.49. The van der Waals surface area contributed by atoms with Gasteiger partial charge in [0, 0.05) is 42.5 Å². The number of hydrogen-bond acceptors (Lipinski definition) is 3. The number of halogens is 1. The third-order valence-electron chi connectivity index (χ3n) is 5.38. The molecule has 156 valence electrons. The highest BCUT2D eigenvalue weighted by atomic mass is 35.5. The first-order valence-corrected chi connectivity index (χ1v) is 10.5. The number of aromatic nitrogens is 2. The maximum absolute atomic E-state index is 12.7. The number of amides is 2. The fraction of sp³-hybridized carbons (Fsp3) is 0.500. The molecule has 1 aromatic carbocycles. The van der Waals surface area contributed by atoms with Crippen LogP contribution in [0.1, 0.15) is 41.5 Å². The summed E-state index contributed by atoms with van der Waals surface area (Å²) in [6.45, 7) is 8.63. The standard InChI is InChI=1S/C22H29ClN4O2/c1-15(13-27-17(3)11-16(2)25-27)12-24-21(28)19-5-4-10-26(14-19)22(29)18-6-8-20(23)9-7-18/h6-9,11,15,19H,4-5,10,12-14H2,1-3H3,(H,24,28)/t15-,19-/m0/s1. The maximum Gasteiger partial charge on any atom is 0.253 e. The Balaban J connectivity index is 1.50. The van der Waals surface area contributed by atoms with E-state index in [0.29, 0.717) is 30.2 Å². The van der Waals surface area contributed by atoms with Crippen LogP contribution in [0.15, 0.2) is 30.3 Å². The van der Waals surface area contributed by atoms with Crippen LogP contribution in [-0.2, 0) is 11.3 Å². The Morgan fingerprint density at radius 3 is 2.66 bits per heavy atom.